The molecule has 1 aromatic heterocycles. The van der Waals surface area contributed by atoms with Crippen molar-refractivity contribution < 1.29 is 14.3 Å². The van der Waals surface area contributed by atoms with E-state index in [-0.39, 0.29) is 17.7 Å². The van der Waals surface area contributed by atoms with Crippen LogP contribution in [0.4, 0.5) is 5.69 Å². The van der Waals surface area contributed by atoms with E-state index < -0.39 is 0 Å². The summed E-state index contributed by atoms with van der Waals surface area (Å²) in [6.45, 7) is 6.19. The highest BCUT2D eigenvalue weighted by Crippen LogP contribution is 2.38. The molecule has 2 heterocycles. The summed E-state index contributed by atoms with van der Waals surface area (Å²) in [6.07, 6.45) is 0.942. The molecule has 0 saturated heterocycles. The van der Waals surface area contributed by atoms with Crippen LogP contribution in [0.15, 0.2) is 42.5 Å². The molecule has 4 rings (SSSR count). The van der Waals surface area contributed by atoms with Gasteiger partial charge in [-0.15, -0.1) is 5.10 Å². The van der Waals surface area contributed by atoms with Gasteiger partial charge in [0.15, 0.2) is 5.69 Å². The van der Waals surface area contributed by atoms with Gasteiger partial charge >= 0.3 is 0 Å². The van der Waals surface area contributed by atoms with Gasteiger partial charge in [0.25, 0.3) is 5.91 Å². The van der Waals surface area contributed by atoms with Gasteiger partial charge in [-0.1, -0.05) is 18.2 Å². The molecule has 0 saturated carbocycles. The highest BCUT2D eigenvalue weighted by molar-refractivity contribution is 6.04. The predicted octanol–water partition coefficient (Wildman–Crippen LogP) is 3.55. The Balaban J connectivity index is 1.62. The summed E-state index contributed by atoms with van der Waals surface area (Å²) in [6, 6.07) is 13.2. The number of rotatable bonds is 5. The Kier molecular flexibility index (Phi) is 4.73. The summed E-state index contributed by atoms with van der Waals surface area (Å²) in [5, 5.41) is 11.6. The summed E-state index contributed by atoms with van der Waals surface area (Å²) in [7, 11) is 0. The second-order valence-electron chi connectivity index (χ2n) is 6.73. The molecule has 0 radical (unpaired) electrons. The number of hydrogen-bond acceptors (Lipinski definition) is 5. The lowest BCUT2D eigenvalue weighted by atomic mass is 10.1. The van der Waals surface area contributed by atoms with Crippen LogP contribution in [0.5, 0.6) is 11.5 Å². The van der Waals surface area contributed by atoms with E-state index in [0.29, 0.717) is 23.7 Å². The highest BCUT2D eigenvalue weighted by Gasteiger charge is 2.24. The number of benzene rings is 2. The van der Waals surface area contributed by atoms with Crippen LogP contribution in [0, 0.1) is 6.92 Å². The molecule has 1 aliphatic rings. The van der Waals surface area contributed by atoms with E-state index in [1.165, 1.54) is 4.80 Å². The van der Waals surface area contributed by atoms with Crippen molar-refractivity contribution in [2.45, 2.75) is 33.3 Å². The molecule has 2 aromatic carbocycles. The molecule has 1 N–H and O–H groups in total. The Morgan fingerprint density at radius 2 is 2.07 bits per heavy atom. The molecule has 0 fully saturated rings. The molecule has 144 valence electrons. The van der Waals surface area contributed by atoms with Gasteiger partial charge < -0.3 is 14.8 Å². The number of carbonyl (C=O) groups excluding carboxylic acids is 1. The van der Waals surface area contributed by atoms with E-state index in [1.54, 1.807) is 6.92 Å². The molecule has 0 spiro atoms. The Morgan fingerprint density at radius 3 is 2.82 bits per heavy atom. The minimum absolute atomic E-state index is 0.114. The molecule has 1 amide bonds. The fourth-order valence-electron chi connectivity index (χ4n) is 3.26. The van der Waals surface area contributed by atoms with Crippen LogP contribution in [0.3, 0.4) is 0 Å². The molecular formula is C21H22N4O3. The third-order valence-electron chi connectivity index (χ3n) is 4.53. The average Bonchev–Trinajstić information content (AvgIpc) is 3.24. The number of anilines is 1. The van der Waals surface area contributed by atoms with Gasteiger partial charge in [-0.2, -0.15) is 9.90 Å². The van der Waals surface area contributed by atoms with Crippen LogP contribution in [-0.4, -0.2) is 33.6 Å². The zero-order valence-corrected chi connectivity index (χ0v) is 16.1. The number of ether oxygens (including phenoxy) is 2. The predicted molar refractivity (Wildman–Crippen MR) is 105 cm³/mol. The van der Waals surface area contributed by atoms with Crippen LogP contribution >= 0.6 is 0 Å². The van der Waals surface area contributed by atoms with Crippen LogP contribution < -0.4 is 14.8 Å². The monoisotopic (exact) mass is 378 g/mol. The van der Waals surface area contributed by atoms with Crippen LogP contribution in [-0.2, 0) is 6.42 Å². The number of aryl methyl sites for hydroxylation is 1. The van der Waals surface area contributed by atoms with Crippen molar-refractivity contribution in [2.75, 3.05) is 11.9 Å². The van der Waals surface area contributed by atoms with Gasteiger partial charge in [-0.05, 0) is 39.0 Å². The summed E-state index contributed by atoms with van der Waals surface area (Å²) in [5.74, 6) is 1.06. The lowest BCUT2D eigenvalue weighted by molar-refractivity contribution is 0.102. The number of nitrogens with one attached hydrogen (secondary N) is 1. The quantitative estimate of drug-likeness (QED) is 0.735. The third-order valence-corrected chi connectivity index (χ3v) is 4.53. The molecule has 28 heavy (non-hydrogen) atoms. The second kappa shape index (κ2) is 7.34. The SMILES string of the molecule is CCOc1cc2c(cc1NC(=O)c1nn(-c3ccccc3)nc1C)OC(C)C2. The minimum Gasteiger partial charge on any atom is -0.492 e. The molecule has 0 aliphatic carbocycles. The van der Waals surface area contributed by atoms with Crippen molar-refractivity contribution in [3.05, 3.63) is 59.4 Å². The van der Waals surface area contributed by atoms with E-state index in [1.807, 2.05) is 56.3 Å². The Morgan fingerprint density at radius 1 is 1.29 bits per heavy atom. The normalized spacial score (nSPS) is 15.0. The van der Waals surface area contributed by atoms with Crippen LogP contribution in [0.2, 0.25) is 0 Å². The third kappa shape index (κ3) is 3.43. The van der Waals surface area contributed by atoms with E-state index >= 15 is 0 Å². The topological polar surface area (TPSA) is 78.3 Å². The number of para-hydroxylation sites is 1. The Bertz CT molecular complexity index is 1010. The summed E-state index contributed by atoms with van der Waals surface area (Å²) < 4.78 is 11.5. The lowest BCUT2D eigenvalue weighted by Gasteiger charge is -2.13. The molecule has 3 aromatic rings. The van der Waals surface area contributed by atoms with Gasteiger partial charge in [-0.25, -0.2) is 0 Å². The summed E-state index contributed by atoms with van der Waals surface area (Å²) in [4.78, 5) is 14.3. The van der Waals surface area contributed by atoms with Crippen molar-refractivity contribution in [2.24, 2.45) is 0 Å². The largest absolute Gasteiger partial charge is 0.492 e. The van der Waals surface area contributed by atoms with E-state index in [2.05, 4.69) is 15.5 Å². The van der Waals surface area contributed by atoms with Gasteiger partial charge in [0.2, 0.25) is 0 Å². The fraction of sp³-hybridized carbons (Fsp3) is 0.286. The molecular weight excluding hydrogens is 356 g/mol. The number of nitrogens with zero attached hydrogens (tertiary/aromatic N) is 3. The Labute approximate surface area is 163 Å². The number of fused-ring (bicyclic) bond motifs is 1. The summed E-state index contributed by atoms with van der Waals surface area (Å²) in [5.41, 5.74) is 3.25. The van der Waals surface area contributed by atoms with Gasteiger partial charge in [0.05, 0.1) is 23.7 Å². The minimum atomic E-state index is -0.341. The second-order valence-corrected chi connectivity index (χ2v) is 6.73. The van der Waals surface area contributed by atoms with Crippen molar-refractivity contribution in [3.8, 4) is 17.2 Å². The van der Waals surface area contributed by atoms with Crippen molar-refractivity contribution in [1.29, 1.82) is 0 Å². The van der Waals surface area contributed by atoms with Crippen molar-refractivity contribution >= 4 is 11.6 Å². The zero-order chi connectivity index (χ0) is 19.7. The van der Waals surface area contributed by atoms with Gasteiger partial charge in [0.1, 0.15) is 17.6 Å². The maximum atomic E-state index is 12.9. The molecule has 0 bridgehead atoms. The van der Waals surface area contributed by atoms with Gasteiger partial charge in [-0.3, -0.25) is 4.79 Å². The van der Waals surface area contributed by atoms with Crippen LogP contribution in [0.25, 0.3) is 5.69 Å². The van der Waals surface area contributed by atoms with E-state index in [9.17, 15) is 4.79 Å². The first-order chi connectivity index (χ1) is 13.5. The molecule has 7 heteroatoms. The Hall–Kier alpha value is -3.35. The fourth-order valence-corrected chi connectivity index (χ4v) is 3.26. The van der Waals surface area contributed by atoms with Crippen molar-refractivity contribution in [3.63, 3.8) is 0 Å². The maximum absolute atomic E-state index is 12.9. The number of carbonyl (C=O) groups is 1. The highest BCUT2D eigenvalue weighted by atomic mass is 16.5. The average molecular weight is 378 g/mol. The van der Waals surface area contributed by atoms with E-state index in [4.69, 9.17) is 9.47 Å². The molecule has 7 nitrogen and oxygen atoms in total. The number of aromatic nitrogens is 3. The van der Waals surface area contributed by atoms with Crippen molar-refractivity contribution in [1.82, 2.24) is 15.0 Å². The molecule has 1 atom stereocenters. The standard InChI is InChI=1S/C21H22N4O3/c1-4-27-19-11-15-10-13(2)28-18(15)12-17(19)22-21(26)20-14(3)23-25(24-20)16-8-6-5-7-9-16/h5-9,11-13H,4,10H2,1-3H3,(H,22,26). The number of hydrogen-bond donors (Lipinski definition) is 1. The van der Waals surface area contributed by atoms with Gasteiger partial charge in [0, 0.05) is 18.1 Å². The van der Waals surface area contributed by atoms with Crippen LogP contribution in [0.1, 0.15) is 35.6 Å². The zero-order valence-electron chi connectivity index (χ0n) is 16.1. The summed E-state index contributed by atoms with van der Waals surface area (Å²) >= 11 is 0. The first-order valence-corrected chi connectivity index (χ1v) is 9.32. The lowest BCUT2D eigenvalue weighted by Crippen LogP contribution is -2.15. The first kappa shape index (κ1) is 18.0. The molecule has 1 aliphatic heterocycles. The number of amides is 1. The van der Waals surface area contributed by atoms with E-state index in [0.717, 1.165) is 23.4 Å². The smallest absolute Gasteiger partial charge is 0.278 e. The maximum Gasteiger partial charge on any atom is 0.278 e. The molecule has 1 unspecified atom stereocenters. The first-order valence-electron chi connectivity index (χ1n) is 9.32.